The maximum atomic E-state index is 5.16. The molecular formula is C31H28N8. The van der Waals surface area contributed by atoms with Crippen LogP contribution in [0.1, 0.15) is 12.8 Å². The average molecular weight is 513 g/mol. The number of piperazine rings is 1. The molecule has 0 spiro atoms. The Morgan fingerprint density at radius 1 is 0.846 bits per heavy atom. The van der Waals surface area contributed by atoms with Crippen LogP contribution in [0.2, 0.25) is 0 Å². The number of aromatic amines is 1. The van der Waals surface area contributed by atoms with Gasteiger partial charge in [0.05, 0.1) is 23.0 Å². The van der Waals surface area contributed by atoms with Crippen LogP contribution in [-0.4, -0.2) is 66.9 Å². The van der Waals surface area contributed by atoms with Crippen molar-refractivity contribution < 1.29 is 0 Å². The smallest absolute Gasteiger partial charge is 0.164 e. The Labute approximate surface area is 225 Å². The third kappa shape index (κ3) is 3.55. The van der Waals surface area contributed by atoms with E-state index in [4.69, 9.17) is 10.1 Å². The minimum atomic E-state index is 0.598. The Bertz CT molecular complexity index is 1800. The molecular weight excluding hydrogens is 484 g/mol. The molecule has 8 nitrogen and oxygen atoms in total. The molecule has 2 aromatic carbocycles. The van der Waals surface area contributed by atoms with E-state index < -0.39 is 0 Å². The van der Waals surface area contributed by atoms with Gasteiger partial charge in [-0.2, -0.15) is 10.2 Å². The number of hydrogen-bond donors (Lipinski definition) is 1. The number of benzene rings is 2. The van der Waals surface area contributed by atoms with E-state index in [2.05, 4.69) is 62.4 Å². The Morgan fingerprint density at radius 2 is 1.69 bits per heavy atom. The SMILES string of the molecule is CN1C[C@@H]2CC[C@H]1CN2c1ccc(-c2ccnc3c(-c4cccc5[nH]ncc45)c(-c4ccncc4)nn23)cc1. The number of H-pyrrole nitrogens is 1. The minimum Gasteiger partial charge on any atom is -0.366 e. The molecule has 0 radical (unpaired) electrons. The lowest BCUT2D eigenvalue weighted by Crippen LogP contribution is -2.61. The van der Waals surface area contributed by atoms with Crippen LogP contribution in [0.4, 0.5) is 5.69 Å². The molecule has 8 heteroatoms. The van der Waals surface area contributed by atoms with E-state index in [-0.39, 0.29) is 0 Å². The van der Waals surface area contributed by atoms with Gasteiger partial charge in [-0.05, 0) is 61.9 Å². The van der Waals surface area contributed by atoms with Crippen LogP contribution in [0.3, 0.4) is 0 Å². The van der Waals surface area contributed by atoms with Crippen LogP contribution in [0, 0.1) is 0 Å². The van der Waals surface area contributed by atoms with Crippen molar-refractivity contribution in [1.29, 1.82) is 0 Å². The van der Waals surface area contributed by atoms with E-state index in [1.807, 2.05) is 47.2 Å². The topological polar surface area (TPSA) is 78.2 Å². The quantitative estimate of drug-likeness (QED) is 0.346. The fourth-order valence-electron chi connectivity index (χ4n) is 6.49. The zero-order valence-electron chi connectivity index (χ0n) is 21.7. The number of hydrogen-bond acceptors (Lipinski definition) is 6. The molecule has 3 aliphatic rings. The molecule has 0 saturated carbocycles. The number of pyridine rings is 1. The van der Waals surface area contributed by atoms with Gasteiger partial charge in [-0.1, -0.05) is 24.3 Å². The summed E-state index contributed by atoms with van der Waals surface area (Å²) in [6.07, 6.45) is 9.95. The van der Waals surface area contributed by atoms with Gasteiger partial charge in [-0.3, -0.25) is 15.0 Å². The highest BCUT2D eigenvalue weighted by molar-refractivity contribution is 6.02. The Balaban J connectivity index is 1.27. The number of nitrogens with one attached hydrogen (secondary N) is 1. The number of piperidine rings is 2. The summed E-state index contributed by atoms with van der Waals surface area (Å²) in [6.45, 7) is 2.26. The van der Waals surface area contributed by atoms with Gasteiger partial charge in [0.15, 0.2) is 5.65 Å². The summed E-state index contributed by atoms with van der Waals surface area (Å²) in [4.78, 5) is 14.2. The molecule has 192 valence electrons. The highest BCUT2D eigenvalue weighted by atomic mass is 15.3. The number of fused-ring (bicyclic) bond motifs is 5. The van der Waals surface area contributed by atoms with Gasteiger partial charge in [-0.15, -0.1) is 0 Å². The Morgan fingerprint density at radius 3 is 2.49 bits per heavy atom. The third-order valence-electron chi connectivity index (χ3n) is 8.52. The zero-order valence-corrected chi connectivity index (χ0v) is 21.7. The van der Waals surface area contributed by atoms with Crippen LogP contribution in [-0.2, 0) is 0 Å². The standard InChI is InChI=1S/C31H28N8/c1-37-18-24-10-9-23(37)19-38(24)22-7-5-20(6-8-22)28-13-16-33-31-29(25-3-2-4-27-26(25)17-34-35-27)30(36-39(28)31)21-11-14-32-15-12-21/h2-8,11-17,23-24H,9-10,18-19H2,1H3,(H,34,35)/t23-,24-/m0/s1. The summed E-state index contributed by atoms with van der Waals surface area (Å²) in [5.74, 6) is 0. The van der Waals surface area contributed by atoms with Crippen LogP contribution in [0.15, 0.2) is 85.5 Å². The first kappa shape index (κ1) is 22.4. The summed E-state index contributed by atoms with van der Waals surface area (Å²) < 4.78 is 1.98. The fraction of sp³-hybridized carbons (Fsp3) is 0.226. The molecule has 39 heavy (non-hydrogen) atoms. The molecule has 4 aromatic heterocycles. The zero-order chi connectivity index (χ0) is 25.9. The molecule has 1 N–H and O–H groups in total. The monoisotopic (exact) mass is 512 g/mol. The molecule has 3 fully saturated rings. The molecule has 6 aromatic rings. The van der Waals surface area contributed by atoms with Crippen LogP contribution in [0.5, 0.6) is 0 Å². The van der Waals surface area contributed by atoms with Gasteiger partial charge in [0.1, 0.15) is 5.69 Å². The maximum absolute atomic E-state index is 5.16. The second-order valence-corrected chi connectivity index (χ2v) is 10.7. The molecule has 0 aliphatic carbocycles. The van der Waals surface area contributed by atoms with Crippen molar-refractivity contribution in [2.75, 3.05) is 25.0 Å². The molecule has 0 unspecified atom stereocenters. The van der Waals surface area contributed by atoms with E-state index >= 15 is 0 Å². The van der Waals surface area contributed by atoms with E-state index in [9.17, 15) is 0 Å². The second kappa shape index (κ2) is 8.74. The first-order valence-electron chi connectivity index (χ1n) is 13.5. The van der Waals surface area contributed by atoms with Crippen molar-refractivity contribution in [3.8, 4) is 33.6 Å². The summed E-state index contributed by atoms with van der Waals surface area (Å²) in [5.41, 5.74) is 9.12. The normalized spacial score (nSPS) is 19.4. The van der Waals surface area contributed by atoms with Crippen molar-refractivity contribution in [2.45, 2.75) is 24.9 Å². The molecule has 7 heterocycles. The van der Waals surface area contributed by atoms with Crippen molar-refractivity contribution in [1.82, 2.24) is 34.7 Å². The highest BCUT2D eigenvalue weighted by Gasteiger charge is 2.37. The Hall–Kier alpha value is -4.56. The van der Waals surface area contributed by atoms with E-state index in [0.717, 1.165) is 63.3 Å². The van der Waals surface area contributed by atoms with Crippen molar-refractivity contribution in [3.05, 3.63) is 85.5 Å². The predicted molar refractivity (Wildman–Crippen MR) is 154 cm³/mol. The Kier molecular flexibility index (Phi) is 5.03. The molecule has 9 rings (SSSR count). The molecule has 3 aliphatic heterocycles. The second-order valence-electron chi connectivity index (χ2n) is 10.7. The molecule has 2 bridgehead atoms. The van der Waals surface area contributed by atoms with E-state index in [0.29, 0.717) is 12.1 Å². The van der Waals surface area contributed by atoms with Crippen molar-refractivity contribution >= 4 is 22.2 Å². The summed E-state index contributed by atoms with van der Waals surface area (Å²) in [7, 11) is 2.26. The number of aromatic nitrogens is 6. The summed E-state index contributed by atoms with van der Waals surface area (Å²) in [5, 5.41) is 13.6. The minimum absolute atomic E-state index is 0.598. The fourth-order valence-corrected chi connectivity index (χ4v) is 6.49. The van der Waals surface area contributed by atoms with E-state index in [1.165, 1.54) is 18.5 Å². The maximum Gasteiger partial charge on any atom is 0.164 e. The predicted octanol–water partition coefficient (Wildman–Crippen LogP) is 5.28. The van der Waals surface area contributed by atoms with Crippen LogP contribution < -0.4 is 4.90 Å². The third-order valence-corrected chi connectivity index (χ3v) is 8.52. The lowest BCUT2D eigenvalue weighted by atomic mass is 9.91. The molecule has 3 saturated heterocycles. The average Bonchev–Trinajstić information content (AvgIpc) is 3.63. The largest absolute Gasteiger partial charge is 0.366 e. The van der Waals surface area contributed by atoms with Crippen LogP contribution >= 0.6 is 0 Å². The van der Waals surface area contributed by atoms with Gasteiger partial charge in [0.2, 0.25) is 0 Å². The van der Waals surface area contributed by atoms with Gasteiger partial charge >= 0.3 is 0 Å². The first-order chi connectivity index (χ1) is 19.2. The molecule has 2 atom stereocenters. The number of anilines is 1. The number of likely N-dealkylation sites (N-methyl/N-ethyl adjacent to an activating group) is 1. The summed E-state index contributed by atoms with van der Waals surface area (Å²) >= 11 is 0. The summed E-state index contributed by atoms with van der Waals surface area (Å²) in [6, 6.07) is 22.5. The van der Waals surface area contributed by atoms with Gasteiger partial charge in [0.25, 0.3) is 0 Å². The van der Waals surface area contributed by atoms with Gasteiger partial charge in [-0.25, -0.2) is 9.50 Å². The van der Waals surface area contributed by atoms with Gasteiger partial charge in [0, 0.05) is 66.0 Å². The van der Waals surface area contributed by atoms with Crippen molar-refractivity contribution in [2.24, 2.45) is 0 Å². The molecule has 0 amide bonds. The van der Waals surface area contributed by atoms with Crippen molar-refractivity contribution in [3.63, 3.8) is 0 Å². The highest BCUT2D eigenvalue weighted by Crippen LogP contribution is 2.39. The lowest BCUT2D eigenvalue weighted by molar-refractivity contribution is 0.125. The van der Waals surface area contributed by atoms with Gasteiger partial charge < -0.3 is 4.90 Å². The van der Waals surface area contributed by atoms with E-state index in [1.54, 1.807) is 12.4 Å². The number of nitrogens with zero attached hydrogens (tertiary/aromatic N) is 7. The number of rotatable bonds is 4. The first-order valence-corrected chi connectivity index (χ1v) is 13.5. The lowest BCUT2D eigenvalue weighted by Gasteiger charge is -2.51. The van der Waals surface area contributed by atoms with Crippen LogP contribution in [0.25, 0.3) is 50.2 Å².